The zero-order valence-corrected chi connectivity index (χ0v) is 13.1. The Morgan fingerprint density at radius 1 is 1.21 bits per heavy atom. The fourth-order valence-corrected chi connectivity index (χ4v) is 2.42. The number of nitrogens with one attached hydrogen (secondary N) is 1. The van der Waals surface area contributed by atoms with E-state index in [0.29, 0.717) is 18.0 Å². The lowest BCUT2D eigenvalue weighted by molar-refractivity contribution is -0.138. The number of benzene rings is 1. The average Bonchev–Trinajstić information content (AvgIpc) is 2.72. The van der Waals surface area contributed by atoms with E-state index in [1.807, 2.05) is 22.6 Å². The zero-order valence-electron chi connectivity index (χ0n) is 9.39. The first kappa shape index (κ1) is 14.7. The number of anilines is 1. The Bertz CT molecular complexity index is 583. The smallest absolute Gasteiger partial charge is 0.417 e. The molecule has 102 valence electrons. The van der Waals surface area contributed by atoms with E-state index in [2.05, 4.69) is 21.2 Å². The predicted octanol–water partition coefficient (Wildman–Crippen LogP) is 5.28. The van der Waals surface area contributed by atoms with Crippen LogP contribution in [0.1, 0.15) is 11.3 Å². The molecule has 0 aliphatic rings. The molecule has 7 heteroatoms. The maximum absolute atomic E-state index is 12.7. The highest BCUT2D eigenvalue weighted by Crippen LogP contribution is 2.36. The Balaban J connectivity index is 2.13. The van der Waals surface area contributed by atoms with Crippen LogP contribution in [0.25, 0.3) is 0 Å². The van der Waals surface area contributed by atoms with Crippen LogP contribution in [0.4, 0.5) is 18.9 Å². The van der Waals surface area contributed by atoms with Crippen molar-refractivity contribution in [1.82, 2.24) is 0 Å². The normalized spacial score (nSPS) is 11.6. The molecule has 0 bridgehead atoms. The molecule has 1 heterocycles. The third-order valence-corrected chi connectivity index (χ3v) is 3.64. The first-order valence-corrected chi connectivity index (χ1v) is 7.08. The quantitative estimate of drug-likeness (QED) is 0.650. The highest BCUT2D eigenvalue weighted by molar-refractivity contribution is 14.1. The van der Waals surface area contributed by atoms with Crippen molar-refractivity contribution >= 4 is 44.2 Å². The van der Waals surface area contributed by atoms with Gasteiger partial charge in [0, 0.05) is 10.2 Å². The second kappa shape index (κ2) is 5.74. The topological polar surface area (TPSA) is 25.2 Å². The van der Waals surface area contributed by atoms with Crippen molar-refractivity contribution in [2.75, 3.05) is 5.32 Å². The summed E-state index contributed by atoms with van der Waals surface area (Å²) in [7, 11) is 0. The van der Waals surface area contributed by atoms with Crippen molar-refractivity contribution in [3.8, 4) is 0 Å². The van der Waals surface area contributed by atoms with Gasteiger partial charge in [-0.2, -0.15) is 13.2 Å². The summed E-state index contributed by atoms with van der Waals surface area (Å²) in [5.41, 5.74) is -0.312. The molecule has 19 heavy (non-hydrogen) atoms. The average molecular weight is 446 g/mol. The van der Waals surface area contributed by atoms with Gasteiger partial charge < -0.3 is 9.73 Å². The van der Waals surface area contributed by atoms with E-state index in [0.717, 1.165) is 9.83 Å². The van der Waals surface area contributed by atoms with Crippen LogP contribution >= 0.6 is 38.5 Å². The molecule has 2 aromatic rings. The SMILES string of the molecule is FC(F)(F)c1cc(NCc2ccc(I)o2)ccc1Br. The minimum atomic E-state index is -4.38. The number of furan rings is 1. The van der Waals surface area contributed by atoms with Crippen molar-refractivity contribution in [3.05, 3.63) is 49.9 Å². The summed E-state index contributed by atoms with van der Waals surface area (Å²) < 4.78 is 44.2. The molecule has 0 aliphatic carbocycles. The summed E-state index contributed by atoms with van der Waals surface area (Å²) in [6, 6.07) is 7.58. The second-order valence-electron chi connectivity index (χ2n) is 3.75. The molecule has 1 aromatic heterocycles. The molecule has 0 fully saturated rings. The predicted molar refractivity (Wildman–Crippen MR) is 77.9 cm³/mol. The molecule has 1 aromatic carbocycles. The van der Waals surface area contributed by atoms with Crippen molar-refractivity contribution in [2.24, 2.45) is 0 Å². The molecule has 0 aliphatic heterocycles. The van der Waals surface area contributed by atoms with Crippen molar-refractivity contribution in [3.63, 3.8) is 0 Å². The largest absolute Gasteiger partial charge is 0.454 e. The fourth-order valence-electron chi connectivity index (χ4n) is 1.49. The Kier molecular flexibility index (Phi) is 4.44. The zero-order chi connectivity index (χ0) is 14.0. The number of halogens is 5. The van der Waals surface area contributed by atoms with Crippen LogP contribution in [0.15, 0.2) is 39.2 Å². The summed E-state index contributed by atoms with van der Waals surface area (Å²) in [6.45, 7) is 0.335. The Morgan fingerprint density at radius 2 is 1.95 bits per heavy atom. The van der Waals surface area contributed by atoms with Crippen molar-refractivity contribution in [1.29, 1.82) is 0 Å². The summed E-state index contributed by atoms with van der Waals surface area (Å²) in [4.78, 5) is 0. The molecule has 2 rings (SSSR count). The first-order chi connectivity index (χ1) is 8.86. The van der Waals surface area contributed by atoms with Crippen LogP contribution < -0.4 is 5.32 Å². The lowest BCUT2D eigenvalue weighted by Crippen LogP contribution is -2.07. The van der Waals surface area contributed by atoms with E-state index in [4.69, 9.17) is 4.42 Å². The number of hydrogen-bond acceptors (Lipinski definition) is 2. The Labute approximate surface area is 129 Å². The first-order valence-electron chi connectivity index (χ1n) is 5.21. The Hall–Kier alpha value is -0.700. The molecule has 0 saturated heterocycles. The van der Waals surface area contributed by atoms with Gasteiger partial charge in [0.25, 0.3) is 0 Å². The van der Waals surface area contributed by atoms with Gasteiger partial charge in [-0.3, -0.25) is 0 Å². The van der Waals surface area contributed by atoms with Gasteiger partial charge in [-0.25, -0.2) is 0 Å². The van der Waals surface area contributed by atoms with Crippen LogP contribution in [0.5, 0.6) is 0 Å². The van der Waals surface area contributed by atoms with E-state index in [-0.39, 0.29) is 4.47 Å². The van der Waals surface area contributed by atoms with Crippen LogP contribution in [0.3, 0.4) is 0 Å². The van der Waals surface area contributed by atoms with Gasteiger partial charge in [0.2, 0.25) is 0 Å². The third kappa shape index (κ3) is 3.88. The number of alkyl halides is 3. The lowest BCUT2D eigenvalue weighted by Gasteiger charge is -2.12. The maximum atomic E-state index is 12.7. The molecule has 0 atom stereocenters. The fraction of sp³-hybridized carbons (Fsp3) is 0.167. The van der Waals surface area contributed by atoms with E-state index in [9.17, 15) is 13.2 Å². The lowest BCUT2D eigenvalue weighted by atomic mass is 10.2. The van der Waals surface area contributed by atoms with Crippen LogP contribution in [0, 0.1) is 3.77 Å². The number of hydrogen-bond donors (Lipinski definition) is 1. The minimum absolute atomic E-state index is 0.0260. The van der Waals surface area contributed by atoms with Gasteiger partial charge in [-0.05, 0) is 52.9 Å². The van der Waals surface area contributed by atoms with Gasteiger partial charge in [0.05, 0.1) is 12.1 Å². The highest BCUT2D eigenvalue weighted by atomic mass is 127. The van der Waals surface area contributed by atoms with E-state index in [1.165, 1.54) is 6.07 Å². The molecule has 0 amide bonds. The van der Waals surface area contributed by atoms with Crippen molar-refractivity contribution < 1.29 is 17.6 Å². The van der Waals surface area contributed by atoms with Crippen molar-refractivity contribution in [2.45, 2.75) is 12.7 Å². The maximum Gasteiger partial charge on any atom is 0.417 e. The molecule has 0 unspecified atom stereocenters. The van der Waals surface area contributed by atoms with Gasteiger partial charge in [-0.15, -0.1) is 0 Å². The highest BCUT2D eigenvalue weighted by Gasteiger charge is 2.33. The standard InChI is InChI=1S/C12H8BrF3INO/c13-10-3-1-7(5-9(10)12(14,15)16)18-6-8-2-4-11(17)19-8/h1-5,18H,6H2. The molecule has 0 spiro atoms. The second-order valence-corrected chi connectivity index (χ2v) is 5.67. The molecule has 1 N–H and O–H groups in total. The third-order valence-electron chi connectivity index (χ3n) is 2.37. The molecular formula is C12H8BrF3INO. The van der Waals surface area contributed by atoms with Crippen LogP contribution in [-0.2, 0) is 12.7 Å². The summed E-state index contributed by atoms with van der Waals surface area (Å²) in [5.74, 6) is 0.667. The van der Waals surface area contributed by atoms with Crippen LogP contribution in [0.2, 0.25) is 0 Å². The molecule has 0 saturated carbocycles. The Morgan fingerprint density at radius 3 is 2.53 bits per heavy atom. The summed E-state index contributed by atoms with van der Waals surface area (Å²) in [6.07, 6.45) is -4.38. The van der Waals surface area contributed by atoms with Gasteiger partial charge >= 0.3 is 6.18 Å². The monoisotopic (exact) mass is 445 g/mol. The minimum Gasteiger partial charge on any atom is -0.454 e. The summed E-state index contributed by atoms with van der Waals surface area (Å²) >= 11 is 4.92. The van der Waals surface area contributed by atoms with Crippen LogP contribution in [-0.4, -0.2) is 0 Å². The van der Waals surface area contributed by atoms with E-state index < -0.39 is 11.7 Å². The van der Waals surface area contributed by atoms with Gasteiger partial charge in [0.15, 0.2) is 3.77 Å². The van der Waals surface area contributed by atoms with Gasteiger partial charge in [0.1, 0.15) is 5.76 Å². The molecular weight excluding hydrogens is 438 g/mol. The molecule has 2 nitrogen and oxygen atoms in total. The molecule has 0 radical (unpaired) electrons. The van der Waals surface area contributed by atoms with E-state index >= 15 is 0 Å². The number of rotatable bonds is 3. The summed E-state index contributed by atoms with van der Waals surface area (Å²) in [5, 5.41) is 2.90. The van der Waals surface area contributed by atoms with Gasteiger partial charge in [-0.1, -0.05) is 15.9 Å². The van der Waals surface area contributed by atoms with E-state index in [1.54, 1.807) is 18.2 Å².